The standard InChI is InChI=1S/C11H13FO2S/c1-2-5-15-7-11(14)9-6-8(12)3-4-10(9)13/h3-4,6,13H,2,5,7H2,1H3. The largest absolute Gasteiger partial charge is 0.507 e. The van der Waals surface area contributed by atoms with Crippen LogP contribution in [0.25, 0.3) is 0 Å². The third-order valence-corrected chi connectivity index (χ3v) is 3.00. The van der Waals surface area contributed by atoms with Gasteiger partial charge >= 0.3 is 0 Å². The van der Waals surface area contributed by atoms with Gasteiger partial charge in [-0.15, -0.1) is 0 Å². The van der Waals surface area contributed by atoms with Crippen LogP contribution in [0, 0.1) is 5.82 Å². The van der Waals surface area contributed by atoms with Gasteiger partial charge < -0.3 is 5.11 Å². The number of benzene rings is 1. The number of carbonyl (C=O) groups is 1. The highest BCUT2D eigenvalue weighted by molar-refractivity contribution is 7.99. The number of hydrogen-bond donors (Lipinski definition) is 1. The van der Waals surface area contributed by atoms with E-state index in [0.29, 0.717) is 0 Å². The first-order valence-corrected chi connectivity index (χ1v) is 5.90. The molecule has 0 aliphatic carbocycles. The molecule has 4 heteroatoms. The number of phenols is 1. The highest BCUT2D eigenvalue weighted by Gasteiger charge is 2.11. The minimum Gasteiger partial charge on any atom is -0.507 e. The van der Waals surface area contributed by atoms with Crippen LogP contribution in [-0.2, 0) is 0 Å². The molecule has 0 aliphatic rings. The van der Waals surface area contributed by atoms with E-state index in [0.717, 1.165) is 24.3 Å². The maximum Gasteiger partial charge on any atom is 0.176 e. The number of rotatable bonds is 5. The average Bonchev–Trinajstić information content (AvgIpc) is 2.22. The van der Waals surface area contributed by atoms with Crippen LogP contribution in [0.5, 0.6) is 5.75 Å². The van der Waals surface area contributed by atoms with E-state index >= 15 is 0 Å². The van der Waals surface area contributed by atoms with E-state index in [4.69, 9.17) is 0 Å². The predicted octanol–water partition coefficient (Wildman–Crippen LogP) is 2.86. The molecule has 0 amide bonds. The lowest BCUT2D eigenvalue weighted by atomic mass is 10.1. The van der Waals surface area contributed by atoms with Crippen molar-refractivity contribution in [2.75, 3.05) is 11.5 Å². The van der Waals surface area contributed by atoms with E-state index in [-0.39, 0.29) is 22.8 Å². The first-order chi connectivity index (χ1) is 7.15. The van der Waals surface area contributed by atoms with Gasteiger partial charge in [0.15, 0.2) is 5.78 Å². The molecule has 0 atom stereocenters. The molecule has 0 aliphatic heterocycles. The number of hydrogen-bond acceptors (Lipinski definition) is 3. The molecule has 0 aromatic heterocycles. The third-order valence-electron chi connectivity index (χ3n) is 1.84. The molecule has 0 heterocycles. The van der Waals surface area contributed by atoms with E-state index in [2.05, 4.69) is 0 Å². The first kappa shape index (κ1) is 12.0. The Morgan fingerprint density at radius 3 is 2.93 bits per heavy atom. The number of carbonyl (C=O) groups excluding carboxylic acids is 1. The van der Waals surface area contributed by atoms with Crippen LogP contribution in [0.3, 0.4) is 0 Å². The van der Waals surface area contributed by atoms with Crippen LogP contribution >= 0.6 is 11.8 Å². The Bertz CT molecular complexity index is 352. The molecule has 0 radical (unpaired) electrons. The van der Waals surface area contributed by atoms with E-state index in [1.807, 2.05) is 6.92 Å². The fourth-order valence-corrected chi connectivity index (χ4v) is 1.89. The number of aromatic hydroxyl groups is 1. The molecule has 0 spiro atoms. The van der Waals surface area contributed by atoms with E-state index < -0.39 is 5.82 Å². The summed E-state index contributed by atoms with van der Waals surface area (Å²) in [6.07, 6.45) is 0.993. The van der Waals surface area contributed by atoms with Crippen molar-refractivity contribution in [2.24, 2.45) is 0 Å². The molecular weight excluding hydrogens is 215 g/mol. The Balaban J connectivity index is 2.68. The molecule has 2 nitrogen and oxygen atoms in total. The summed E-state index contributed by atoms with van der Waals surface area (Å²) in [6, 6.07) is 3.41. The Labute approximate surface area is 92.5 Å². The molecule has 0 bridgehead atoms. The zero-order chi connectivity index (χ0) is 11.3. The van der Waals surface area contributed by atoms with Crippen molar-refractivity contribution in [1.29, 1.82) is 0 Å². The molecule has 0 saturated carbocycles. The minimum absolute atomic E-state index is 0.0682. The number of halogens is 1. The van der Waals surface area contributed by atoms with Gasteiger partial charge in [-0.3, -0.25) is 4.79 Å². The van der Waals surface area contributed by atoms with Gasteiger partial charge in [0.05, 0.1) is 11.3 Å². The average molecular weight is 228 g/mol. The Kier molecular flexibility index (Phi) is 4.62. The van der Waals surface area contributed by atoms with Crippen LogP contribution in [0.2, 0.25) is 0 Å². The van der Waals surface area contributed by atoms with Crippen LogP contribution < -0.4 is 0 Å². The first-order valence-electron chi connectivity index (χ1n) is 4.74. The molecule has 1 aromatic rings. The zero-order valence-electron chi connectivity index (χ0n) is 8.50. The van der Waals surface area contributed by atoms with Crippen LogP contribution in [-0.4, -0.2) is 22.4 Å². The van der Waals surface area contributed by atoms with Gasteiger partial charge in [0.25, 0.3) is 0 Å². The normalized spacial score (nSPS) is 10.3. The SMILES string of the molecule is CCCSCC(=O)c1cc(F)ccc1O. The Hall–Kier alpha value is -1.03. The molecule has 0 fully saturated rings. The van der Waals surface area contributed by atoms with Crippen LogP contribution in [0.1, 0.15) is 23.7 Å². The van der Waals surface area contributed by atoms with Gasteiger partial charge in [0.1, 0.15) is 11.6 Å². The van der Waals surface area contributed by atoms with Gasteiger partial charge in [-0.05, 0) is 30.4 Å². The van der Waals surface area contributed by atoms with E-state index in [1.54, 1.807) is 0 Å². The van der Waals surface area contributed by atoms with Gasteiger partial charge in [0.2, 0.25) is 0 Å². The van der Waals surface area contributed by atoms with Crippen molar-refractivity contribution in [3.05, 3.63) is 29.6 Å². The molecule has 0 saturated heterocycles. The number of phenolic OH excluding ortho intramolecular Hbond substituents is 1. The van der Waals surface area contributed by atoms with Crippen LogP contribution in [0.15, 0.2) is 18.2 Å². The van der Waals surface area contributed by atoms with Crippen molar-refractivity contribution >= 4 is 17.5 Å². The highest BCUT2D eigenvalue weighted by Crippen LogP contribution is 2.20. The molecule has 1 N–H and O–H groups in total. The van der Waals surface area contributed by atoms with Crippen molar-refractivity contribution in [2.45, 2.75) is 13.3 Å². The summed E-state index contributed by atoms with van der Waals surface area (Å²) >= 11 is 1.49. The fraction of sp³-hybridized carbons (Fsp3) is 0.364. The lowest BCUT2D eigenvalue weighted by molar-refractivity contribution is 0.101. The number of thioether (sulfide) groups is 1. The topological polar surface area (TPSA) is 37.3 Å². The summed E-state index contributed by atoms with van der Waals surface area (Å²) in [7, 11) is 0. The smallest absolute Gasteiger partial charge is 0.176 e. The second kappa shape index (κ2) is 5.75. The summed E-state index contributed by atoms with van der Waals surface area (Å²) in [4.78, 5) is 11.5. The van der Waals surface area contributed by atoms with Gasteiger partial charge in [-0.25, -0.2) is 4.39 Å². The summed E-state index contributed by atoms with van der Waals surface area (Å²) < 4.78 is 12.8. The monoisotopic (exact) mass is 228 g/mol. The van der Waals surface area contributed by atoms with Gasteiger partial charge in [0, 0.05) is 0 Å². The molecular formula is C11H13FO2S. The maximum atomic E-state index is 12.8. The van der Waals surface area contributed by atoms with E-state index in [9.17, 15) is 14.3 Å². The lowest BCUT2D eigenvalue weighted by Crippen LogP contribution is -2.03. The minimum atomic E-state index is -0.503. The second-order valence-corrected chi connectivity index (χ2v) is 4.24. The Morgan fingerprint density at radius 2 is 2.27 bits per heavy atom. The summed E-state index contributed by atoms with van der Waals surface area (Å²) in [6.45, 7) is 2.02. The predicted molar refractivity (Wildman–Crippen MR) is 60.0 cm³/mol. The molecule has 82 valence electrons. The van der Waals surface area contributed by atoms with Gasteiger partial charge in [-0.2, -0.15) is 11.8 Å². The second-order valence-electron chi connectivity index (χ2n) is 3.14. The Morgan fingerprint density at radius 1 is 1.53 bits per heavy atom. The summed E-state index contributed by atoms with van der Waals surface area (Å²) in [5.74, 6) is 0.285. The van der Waals surface area contributed by atoms with Crippen molar-refractivity contribution in [3.63, 3.8) is 0 Å². The molecule has 1 aromatic carbocycles. The molecule has 15 heavy (non-hydrogen) atoms. The number of ketones is 1. The quantitative estimate of drug-likeness (QED) is 0.622. The maximum absolute atomic E-state index is 12.8. The lowest BCUT2D eigenvalue weighted by Gasteiger charge is -2.03. The third kappa shape index (κ3) is 3.55. The zero-order valence-corrected chi connectivity index (χ0v) is 9.31. The summed E-state index contributed by atoms with van der Waals surface area (Å²) in [5.41, 5.74) is 0.0682. The summed E-state index contributed by atoms with van der Waals surface area (Å²) in [5, 5.41) is 9.37. The molecule has 1 rings (SSSR count). The highest BCUT2D eigenvalue weighted by atomic mass is 32.2. The molecule has 0 unspecified atom stereocenters. The van der Waals surface area contributed by atoms with Crippen LogP contribution in [0.4, 0.5) is 4.39 Å². The number of Topliss-reactive ketones (excluding diaryl/α,β-unsaturated/α-hetero) is 1. The van der Waals surface area contributed by atoms with Crippen molar-refractivity contribution < 1.29 is 14.3 Å². The fourth-order valence-electron chi connectivity index (χ4n) is 1.12. The van der Waals surface area contributed by atoms with Crippen molar-refractivity contribution in [3.8, 4) is 5.75 Å². The van der Waals surface area contributed by atoms with E-state index in [1.165, 1.54) is 17.8 Å². The van der Waals surface area contributed by atoms with Crippen molar-refractivity contribution in [1.82, 2.24) is 0 Å². The van der Waals surface area contributed by atoms with Gasteiger partial charge in [-0.1, -0.05) is 6.92 Å².